The Balaban J connectivity index is 1.26. The number of rotatable bonds is 6. The molecule has 0 bridgehead atoms. The molecule has 4 heterocycles. The van der Waals surface area contributed by atoms with E-state index in [2.05, 4.69) is 112 Å². The van der Waals surface area contributed by atoms with Gasteiger partial charge in [-0.3, -0.25) is 4.98 Å². The molecule has 1 atom stereocenters. The highest BCUT2D eigenvalue weighted by Crippen LogP contribution is 2.36. The molecular weight excluding hydrogens is 653 g/mol. The van der Waals surface area contributed by atoms with E-state index in [0.29, 0.717) is 17.5 Å². The highest BCUT2D eigenvalue weighted by atomic mass is 28.3. The van der Waals surface area contributed by atoms with E-state index >= 15 is 0 Å². The van der Waals surface area contributed by atoms with Gasteiger partial charge in [0.2, 0.25) is 0 Å². The van der Waals surface area contributed by atoms with Crippen LogP contribution >= 0.6 is 0 Å². The van der Waals surface area contributed by atoms with E-state index in [0.717, 1.165) is 44.7 Å². The number of nitrogens with zero attached hydrogens (tertiary/aromatic N) is 6. The standard InChI is InChI=1S/C45H30N6Si/c1-3-14-31(15-4-1)42-48-43(32-16-5-2-6-17-32)50-44(49-42)34-19-12-22-37(29-34)52(36-21-11-18-33(28-36)35-20-13-27-46-30-35)41-26-10-7-23-38(41)45-47-39-24-8-9-25-40(39)51(45)52/h1-30H. The van der Waals surface area contributed by atoms with E-state index in [9.17, 15) is 0 Å². The van der Waals surface area contributed by atoms with E-state index in [4.69, 9.17) is 19.9 Å². The zero-order valence-corrected chi connectivity index (χ0v) is 29.0. The molecule has 0 N–H and O–H groups in total. The van der Waals surface area contributed by atoms with Crippen molar-refractivity contribution in [3.63, 3.8) is 0 Å². The van der Waals surface area contributed by atoms with Gasteiger partial charge in [0.05, 0.1) is 11.0 Å². The molecule has 10 rings (SSSR count). The second-order valence-electron chi connectivity index (χ2n) is 13.0. The summed E-state index contributed by atoms with van der Waals surface area (Å²) in [5.41, 5.74) is 8.29. The molecular formula is C45H30N6Si. The average molecular weight is 683 g/mol. The molecule has 0 fully saturated rings. The molecule has 1 aliphatic rings. The van der Waals surface area contributed by atoms with E-state index in [1.54, 1.807) is 0 Å². The minimum atomic E-state index is -3.06. The van der Waals surface area contributed by atoms with Gasteiger partial charge in [-0.05, 0) is 51.0 Å². The van der Waals surface area contributed by atoms with Crippen LogP contribution in [0.4, 0.5) is 0 Å². The highest BCUT2D eigenvalue weighted by molar-refractivity contribution is 7.12. The number of para-hydroxylation sites is 2. The lowest BCUT2D eigenvalue weighted by atomic mass is 10.1. The zero-order valence-electron chi connectivity index (χ0n) is 28.0. The fraction of sp³-hybridized carbons (Fsp3) is 0. The lowest BCUT2D eigenvalue weighted by Crippen LogP contribution is -2.70. The zero-order chi connectivity index (χ0) is 34.5. The maximum absolute atomic E-state index is 5.29. The predicted molar refractivity (Wildman–Crippen MR) is 211 cm³/mol. The minimum absolute atomic E-state index is 0.629. The average Bonchev–Trinajstić information content (AvgIpc) is 3.75. The molecule has 6 nitrogen and oxygen atoms in total. The Kier molecular flexibility index (Phi) is 7.04. The molecule has 52 heavy (non-hydrogen) atoms. The SMILES string of the molecule is c1ccc(-c2nc(-c3ccccc3)nc(-c3cccc([Si]4(c5cccc(-c6cccnc6)c5)c5ccccc5-c5nc6ccccc6n54)c3)n2)cc1. The third-order valence-corrected chi connectivity index (χ3v) is 14.6. The topological polar surface area (TPSA) is 69.4 Å². The van der Waals surface area contributed by atoms with Crippen molar-refractivity contribution < 1.29 is 0 Å². The molecule has 0 amide bonds. The molecule has 0 saturated carbocycles. The van der Waals surface area contributed by atoms with Gasteiger partial charge in [0.15, 0.2) is 17.5 Å². The molecule has 7 heteroatoms. The van der Waals surface area contributed by atoms with Crippen LogP contribution in [0.15, 0.2) is 182 Å². The van der Waals surface area contributed by atoms with Gasteiger partial charge in [0.1, 0.15) is 5.82 Å². The van der Waals surface area contributed by atoms with Crippen LogP contribution in [-0.4, -0.2) is 37.4 Å². The van der Waals surface area contributed by atoms with Crippen molar-refractivity contribution in [2.24, 2.45) is 0 Å². The molecule has 0 saturated heterocycles. The molecule has 0 aliphatic carbocycles. The quantitative estimate of drug-likeness (QED) is 0.168. The number of imidazole rings is 1. The summed E-state index contributed by atoms with van der Waals surface area (Å²) in [6.45, 7) is 0. The fourth-order valence-corrected chi connectivity index (χ4v) is 12.8. The minimum Gasteiger partial charge on any atom is -0.339 e. The Morgan fingerprint density at radius 1 is 0.423 bits per heavy atom. The summed E-state index contributed by atoms with van der Waals surface area (Å²) in [5, 5.41) is 3.77. The van der Waals surface area contributed by atoms with Gasteiger partial charge in [0, 0.05) is 34.6 Å². The van der Waals surface area contributed by atoms with Gasteiger partial charge >= 0.3 is 0 Å². The predicted octanol–water partition coefficient (Wildman–Crippen LogP) is 7.78. The van der Waals surface area contributed by atoms with Gasteiger partial charge in [-0.2, -0.15) is 0 Å². The normalized spacial score (nSPS) is 14.6. The van der Waals surface area contributed by atoms with Gasteiger partial charge in [0.25, 0.3) is 8.24 Å². The summed E-state index contributed by atoms with van der Waals surface area (Å²) < 4.78 is 2.56. The first kappa shape index (κ1) is 30.0. The number of hydrogen-bond donors (Lipinski definition) is 0. The first-order valence-electron chi connectivity index (χ1n) is 17.3. The Morgan fingerprint density at radius 3 is 1.67 bits per heavy atom. The van der Waals surface area contributed by atoms with Crippen LogP contribution in [0.5, 0.6) is 0 Å². The van der Waals surface area contributed by atoms with Crippen molar-refractivity contribution in [3.8, 4) is 56.7 Å². The van der Waals surface area contributed by atoms with Crippen molar-refractivity contribution in [1.82, 2.24) is 29.2 Å². The van der Waals surface area contributed by atoms with Gasteiger partial charge in [-0.15, -0.1) is 0 Å². The third kappa shape index (κ3) is 4.75. The monoisotopic (exact) mass is 682 g/mol. The maximum atomic E-state index is 5.29. The van der Waals surface area contributed by atoms with Gasteiger partial charge < -0.3 is 4.23 Å². The molecule has 3 aromatic heterocycles. The van der Waals surface area contributed by atoms with E-state index in [1.165, 1.54) is 21.1 Å². The molecule has 0 spiro atoms. The molecule has 0 radical (unpaired) electrons. The van der Waals surface area contributed by atoms with Crippen LogP contribution in [-0.2, 0) is 0 Å². The summed E-state index contributed by atoms with van der Waals surface area (Å²) in [4.78, 5) is 24.9. The molecule has 9 aromatic rings. The Morgan fingerprint density at radius 2 is 0.981 bits per heavy atom. The van der Waals surface area contributed by atoms with Gasteiger partial charge in [-0.25, -0.2) is 19.9 Å². The second kappa shape index (κ2) is 12.2. The van der Waals surface area contributed by atoms with Crippen LogP contribution in [0.25, 0.3) is 67.7 Å². The van der Waals surface area contributed by atoms with E-state index in [-0.39, 0.29) is 0 Å². The maximum Gasteiger partial charge on any atom is 0.259 e. The molecule has 1 unspecified atom stereocenters. The number of pyridine rings is 1. The molecule has 6 aromatic carbocycles. The smallest absolute Gasteiger partial charge is 0.259 e. The highest BCUT2D eigenvalue weighted by Gasteiger charge is 2.51. The van der Waals surface area contributed by atoms with Crippen LogP contribution in [0.2, 0.25) is 0 Å². The van der Waals surface area contributed by atoms with Crippen LogP contribution < -0.4 is 15.6 Å². The van der Waals surface area contributed by atoms with Crippen molar-refractivity contribution >= 4 is 34.8 Å². The number of hydrogen-bond acceptors (Lipinski definition) is 5. The van der Waals surface area contributed by atoms with E-state index < -0.39 is 8.24 Å². The summed E-state index contributed by atoms with van der Waals surface area (Å²) in [7, 11) is -3.06. The van der Waals surface area contributed by atoms with Crippen molar-refractivity contribution in [2.45, 2.75) is 0 Å². The lowest BCUT2D eigenvalue weighted by molar-refractivity contribution is 1.07. The first-order valence-corrected chi connectivity index (χ1v) is 19.3. The summed E-state index contributed by atoms with van der Waals surface area (Å²) in [6.07, 6.45) is 3.75. The summed E-state index contributed by atoms with van der Waals surface area (Å²) in [6, 6.07) is 59.6. The Hall–Kier alpha value is -6.83. The van der Waals surface area contributed by atoms with Crippen molar-refractivity contribution in [3.05, 3.63) is 182 Å². The Labute approximate surface area is 301 Å². The van der Waals surface area contributed by atoms with Crippen LogP contribution in [0, 0.1) is 0 Å². The summed E-state index contributed by atoms with van der Waals surface area (Å²) >= 11 is 0. The number of fused-ring (bicyclic) bond motifs is 5. The number of aromatic nitrogens is 6. The number of benzene rings is 6. The van der Waals surface area contributed by atoms with Crippen LogP contribution in [0.1, 0.15) is 0 Å². The fourth-order valence-electron chi connectivity index (χ4n) is 7.67. The third-order valence-electron chi connectivity index (χ3n) is 9.97. The lowest BCUT2D eigenvalue weighted by Gasteiger charge is -2.32. The van der Waals surface area contributed by atoms with Crippen LogP contribution in [0.3, 0.4) is 0 Å². The molecule has 1 aliphatic heterocycles. The van der Waals surface area contributed by atoms with Crippen molar-refractivity contribution in [1.29, 1.82) is 0 Å². The van der Waals surface area contributed by atoms with Crippen molar-refractivity contribution in [2.75, 3.05) is 0 Å². The van der Waals surface area contributed by atoms with Gasteiger partial charge in [-0.1, -0.05) is 146 Å². The second-order valence-corrected chi connectivity index (χ2v) is 16.5. The largest absolute Gasteiger partial charge is 0.339 e. The Bertz CT molecular complexity index is 2690. The molecule has 244 valence electrons. The summed E-state index contributed by atoms with van der Waals surface area (Å²) in [5.74, 6) is 2.91. The van der Waals surface area contributed by atoms with E-state index in [1.807, 2.05) is 79.1 Å². The first-order chi connectivity index (χ1) is 25.8.